The van der Waals surface area contributed by atoms with E-state index in [-0.39, 0.29) is 11.8 Å². The lowest BCUT2D eigenvalue weighted by Gasteiger charge is -2.23. The van der Waals surface area contributed by atoms with Gasteiger partial charge in [0.05, 0.1) is 0 Å². The Kier molecular flexibility index (Phi) is 2.15. The number of benzene rings is 1. The van der Waals surface area contributed by atoms with Crippen molar-refractivity contribution in [2.75, 3.05) is 5.73 Å². The van der Waals surface area contributed by atoms with E-state index in [1.54, 1.807) is 0 Å². The monoisotopic (exact) mass is 190 g/mol. The highest BCUT2D eigenvalue weighted by Gasteiger charge is 2.23. The van der Waals surface area contributed by atoms with E-state index in [0.29, 0.717) is 6.42 Å². The topological polar surface area (TPSA) is 69.1 Å². The number of carbonyl (C=O) groups is 1. The minimum Gasteiger partial charge on any atom is -0.398 e. The van der Waals surface area contributed by atoms with Gasteiger partial charge in [0.15, 0.2) is 0 Å². The molecule has 1 atom stereocenters. The predicted octanol–water partition coefficient (Wildman–Crippen LogP) is 0.859. The minimum absolute atomic E-state index is 0.0350. The van der Waals surface area contributed by atoms with Crippen LogP contribution in [0, 0.1) is 5.92 Å². The number of nitrogens with two attached hydrogens (primary N) is 2. The SMILES string of the molecule is NC(=O)C1CCc2cccc(N)c2C1. The standard InChI is InChI=1S/C11H14N2O/c12-10-3-1-2-7-4-5-8(11(13)14)6-9(7)10/h1-3,8H,4-6,12H2,(H2,13,14). The number of hydrogen-bond donors (Lipinski definition) is 2. The molecule has 3 nitrogen and oxygen atoms in total. The van der Waals surface area contributed by atoms with Crippen molar-refractivity contribution in [2.45, 2.75) is 19.3 Å². The van der Waals surface area contributed by atoms with Crippen LogP contribution in [0.2, 0.25) is 0 Å². The van der Waals surface area contributed by atoms with Crippen molar-refractivity contribution in [2.24, 2.45) is 11.7 Å². The zero-order valence-electron chi connectivity index (χ0n) is 7.99. The van der Waals surface area contributed by atoms with Crippen LogP contribution in [0.15, 0.2) is 18.2 Å². The zero-order chi connectivity index (χ0) is 10.1. The molecule has 1 aliphatic carbocycles. The number of hydrogen-bond acceptors (Lipinski definition) is 2. The molecule has 74 valence electrons. The quantitative estimate of drug-likeness (QED) is 0.645. The van der Waals surface area contributed by atoms with E-state index in [0.717, 1.165) is 24.1 Å². The second kappa shape index (κ2) is 3.33. The van der Waals surface area contributed by atoms with E-state index in [4.69, 9.17) is 11.5 Å². The Labute approximate surface area is 83.1 Å². The molecule has 2 rings (SSSR count). The van der Waals surface area contributed by atoms with E-state index in [1.807, 2.05) is 12.1 Å². The number of anilines is 1. The first kappa shape index (κ1) is 9.06. The number of amides is 1. The fourth-order valence-electron chi connectivity index (χ4n) is 2.06. The van der Waals surface area contributed by atoms with E-state index in [1.165, 1.54) is 5.56 Å². The summed E-state index contributed by atoms with van der Waals surface area (Å²) in [4.78, 5) is 11.1. The van der Waals surface area contributed by atoms with Gasteiger partial charge in [0.25, 0.3) is 0 Å². The number of primary amides is 1. The molecular weight excluding hydrogens is 176 g/mol. The van der Waals surface area contributed by atoms with E-state index < -0.39 is 0 Å². The van der Waals surface area contributed by atoms with Gasteiger partial charge in [-0.2, -0.15) is 0 Å². The molecule has 0 radical (unpaired) electrons. The highest BCUT2D eigenvalue weighted by Crippen LogP contribution is 2.29. The maximum Gasteiger partial charge on any atom is 0.220 e. The molecule has 1 aliphatic rings. The second-order valence-electron chi connectivity index (χ2n) is 3.83. The first-order chi connectivity index (χ1) is 6.68. The summed E-state index contributed by atoms with van der Waals surface area (Å²) in [7, 11) is 0. The third kappa shape index (κ3) is 1.45. The highest BCUT2D eigenvalue weighted by molar-refractivity contribution is 5.77. The molecule has 1 amide bonds. The first-order valence-corrected chi connectivity index (χ1v) is 4.84. The molecule has 0 spiro atoms. The Morgan fingerprint density at radius 3 is 2.93 bits per heavy atom. The number of rotatable bonds is 1. The third-order valence-electron chi connectivity index (χ3n) is 2.92. The van der Waals surface area contributed by atoms with Crippen molar-refractivity contribution in [3.8, 4) is 0 Å². The van der Waals surface area contributed by atoms with E-state index in [9.17, 15) is 4.79 Å². The van der Waals surface area contributed by atoms with Gasteiger partial charge >= 0.3 is 0 Å². The summed E-state index contributed by atoms with van der Waals surface area (Å²) in [5, 5.41) is 0. The molecule has 1 unspecified atom stereocenters. The summed E-state index contributed by atoms with van der Waals surface area (Å²) in [5.41, 5.74) is 14.3. The average molecular weight is 190 g/mol. The predicted molar refractivity (Wildman–Crippen MR) is 55.6 cm³/mol. The maximum atomic E-state index is 11.1. The minimum atomic E-state index is -0.209. The Morgan fingerprint density at radius 1 is 1.43 bits per heavy atom. The maximum absolute atomic E-state index is 11.1. The van der Waals surface area contributed by atoms with Gasteiger partial charge < -0.3 is 11.5 Å². The van der Waals surface area contributed by atoms with Gasteiger partial charge in [-0.3, -0.25) is 4.79 Å². The molecule has 0 saturated heterocycles. The largest absolute Gasteiger partial charge is 0.398 e. The lowest BCUT2D eigenvalue weighted by Crippen LogP contribution is -2.29. The molecular formula is C11H14N2O. The van der Waals surface area contributed by atoms with Crippen LogP contribution in [0.3, 0.4) is 0 Å². The van der Waals surface area contributed by atoms with Gasteiger partial charge in [-0.25, -0.2) is 0 Å². The fraction of sp³-hybridized carbons (Fsp3) is 0.364. The Morgan fingerprint density at radius 2 is 2.21 bits per heavy atom. The molecule has 14 heavy (non-hydrogen) atoms. The fourth-order valence-corrected chi connectivity index (χ4v) is 2.06. The van der Waals surface area contributed by atoms with Crippen LogP contribution in [0.5, 0.6) is 0 Å². The molecule has 0 fully saturated rings. The van der Waals surface area contributed by atoms with Gasteiger partial charge in [0.1, 0.15) is 0 Å². The molecule has 1 aromatic rings. The van der Waals surface area contributed by atoms with Gasteiger partial charge in [-0.15, -0.1) is 0 Å². The van der Waals surface area contributed by atoms with Crippen LogP contribution >= 0.6 is 0 Å². The molecule has 4 N–H and O–H groups in total. The normalized spacial score (nSPS) is 20.1. The first-order valence-electron chi connectivity index (χ1n) is 4.84. The van der Waals surface area contributed by atoms with Gasteiger partial charge in [-0.1, -0.05) is 12.1 Å². The summed E-state index contributed by atoms with van der Waals surface area (Å²) in [6.07, 6.45) is 2.47. The third-order valence-corrected chi connectivity index (χ3v) is 2.92. The molecule has 0 aliphatic heterocycles. The summed E-state index contributed by atoms with van der Waals surface area (Å²) >= 11 is 0. The molecule has 0 saturated carbocycles. The molecule has 0 aromatic heterocycles. The number of fused-ring (bicyclic) bond motifs is 1. The van der Waals surface area contributed by atoms with Gasteiger partial charge in [0.2, 0.25) is 5.91 Å². The Bertz CT molecular complexity index is 374. The van der Waals surface area contributed by atoms with Crippen LogP contribution < -0.4 is 11.5 Å². The highest BCUT2D eigenvalue weighted by atomic mass is 16.1. The molecule has 1 aromatic carbocycles. The van der Waals surface area contributed by atoms with Crippen molar-refractivity contribution in [1.29, 1.82) is 0 Å². The van der Waals surface area contributed by atoms with Crippen LogP contribution in [-0.2, 0) is 17.6 Å². The second-order valence-corrected chi connectivity index (χ2v) is 3.83. The number of nitrogen functional groups attached to an aromatic ring is 1. The Balaban J connectivity index is 2.33. The van der Waals surface area contributed by atoms with E-state index in [2.05, 4.69) is 6.07 Å². The lowest BCUT2D eigenvalue weighted by molar-refractivity contribution is -0.122. The summed E-state index contributed by atoms with van der Waals surface area (Å²) in [6.45, 7) is 0. The zero-order valence-corrected chi connectivity index (χ0v) is 7.99. The van der Waals surface area contributed by atoms with Crippen molar-refractivity contribution in [3.05, 3.63) is 29.3 Å². The lowest BCUT2D eigenvalue weighted by atomic mass is 9.83. The van der Waals surface area contributed by atoms with Crippen molar-refractivity contribution in [3.63, 3.8) is 0 Å². The van der Waals surface area contributed by atoms with Crippen LogP contribution in [0.25, 0.3) is 0 Å². The van der Waals surface area contributed by atoms with Crippen molar-refractivity contribution >= 4 is 11.6 Å². The smallest absolute Gasteiger partial charge is 0.220 e. The van der Waals surface area contributed by atoms with Gasteiger partial charge in [0, 0.05) is 11.6 Å². The summed E-state index contributed by atoms with van der Waals surface area (Å²) in [6, 6.07) is 5.91. The van der Waals surface area contributed by atoms with Gasteiger partial charge in [-0.05, 0) is 36.5 Å². The van der Waals surface area contributed by atoms with Crippen LogP contribution in [0.4, 0.5) is 5.69 Å². The van der Waals surface area contributed by atoms with Crippen LogP contribution in [-0.4, -0.2) is 5.91 Å². The number of carbonyl (C=O) groups excluding carboxylic acids is 1. The Hall–Kier alpha value is -1.51. The molecule has 3 heteroatoms. The average Bonchev–Trinajstić information content (AvgIpc) is 2.18. The van der Waals surface area contributed by atoms with Crippen molar-refractivity contribution < 1.29 is 4.79 Å². The van der Waals surface area contributed by atoms with E-state index >= 15 is 0 Å². The van der Waals surface area contributed by atoms with Crippen LogP contribution in [0.1, 0.15) is 17.5 Å². The molecule has 0 bridgehead atoms. The van der Waals surface area contributed by atoms with Crippen molar-refractivity contribution in [1.82, 2.24) is 0 Å². The molecule has 0 heterocycles. The summed E-state index contributed by atoms with van der Waals surface area (Å²) in [5.74, 6) is -0.244. The number of aryl methyl sites for hydroxylation is 1. The summed E-state index contributed by atoms with van der Waals surface area (Å²) < 4.78 is 0.